The fourth-order valence-corrected chi connectivity index (χ4v) is 3.76. The Morgan fingerprint density at radius 3 is 2.70 bits per heavy atom. The number of nitrogens with zero attached hydrogens (tertiary/aromatic N) is 1. The normalized spacial score (nSPS) is 20.5. The van der Waals surface area contributed by atoms with Crippen LogP contribution in [0.2, 0.25) is 0 Å². The summed E-state index contributed by atoms with van der Waals surface area (Å²) in [5, 5.41) is 6.26. The lowest BCUT2D eigenvalue weighted by Crippen LogP contribution is -2.48. The molecule has 1 aliphatic heterocycles. The maximum absolute atomic E-state index is 13.6. The first kappa shape index (κ1) is 19.9. The molecular formula is C22H21F2N3O3. The average molecular weight is 413 g/mol. The lowest BCUT2D eigenvalue weighted by Gasteiger charge is -2.39. The molecule has 0 spiro atoms. The van der Waals surface area contributed by atoms with E-state index in [4.69, 9.17) is 4.74 Å². The molecule has 2 N–H and O–H groups in total. The summed E-state index contributed by atoms with van der Waals surface area (Å²) in [6.07, 6.45) is -2.78. The van der Waals surface area contributed by atoms with E-state index in [-0.39, 0.29) is 12.0 Å². The highest BCUT2D eigenvalue weighted by molar-refractivity contribution is 6.00. The van der Waals surface area contributed by atoms with Crippen LogP contribution in [-0.2, 0) is 7.05 Å². The summed E-state index contributed by atoms with van der Waals surface area (Å²) in [7, 11) is 1.65. The van der Waals surface area contributed by atoms with Crippen molar-refractivity contribution in [3.63, 3.8) is 0 Å². The number of fused-ring (bicyclic) bond motifs is 2. The number of alkyl halides is 2. The van der Waals surface area contributed by atoms with Crippen molar-refractivity contribution in [3.05, 3.63) is 70.5 Å². The van der Waals surface area contributed by atoms with Crippen LogP contribution in [-0.4, -0.2) is 22.6 Å². The number of hydrogen-bond acceptors (Lipinski definition) is 3. The Labute approximate surface area is 171 Å². The van der Waals surface area contributed by atoms with Crippen LogP contribution < -0.4 is 20.9 Å². The van der Waals surface area contributed by atoms with Gasteiger partial charge >= 0.3 is 6.03 Å². The van der Waals surface area contributed by atoms with Crippen molar-refractivity contribution in [3.8, 4) is 5.75 Å². The first-order valence-electron chi connectivity index (χ1n) is 9.51. The number of nitrogens with one attached hydrogen (secondary N) is 2. The summed E-state index contributed by atoms with van der Waals surface area (Å²) in [4.78, 5) is 24.6. The minimum Gasteiger partial charge on any atom is -0.481 e. The zero-order valence-corrected chi connectivity index (χ0v) is 16.5. The second-order valence-corrected chi connectivity index (χ2v) is 7.58. The largest absolute Gasteiger partial charge is 0.481 e. The zero-order chi connectivity index (χ0) is 21.5. The Balaban J connectivity index is 1.61. The van der Waals surface area contributed by atoms with Gasteiger partial charge in [-0.05, 0) is 31.2 Å². The molecule has 1 aliphatic rings. The second kappa shape index (κ2) is 7.44. The molecule has 0 unspecified atom stereocenters. The van der Waals surface area contributed by atoms with Crippen molar-refractivity contribution in [2.45, 2.75) is 31.4 Å². The van der Waals surface area contributed by atoms with E-state index in [0.29, 0.717) is 27.9 Å². The third-order valence-electron chi connectivity index (χ3n) is 5.43. The van der Waals surface area contributed by atoms with Gasteiger partial charge in [0.25, 0.3) is 12.0 Å². The number of benzene rings is 2. The van der Waals surface area contributed by atoms with Gasteiger partial charge in [-0.15, -0.1) is 0 Å². The van der Waals surface area contributed by atoms with Crippen LogP contribution in [0.1, 0.15) is 24.9 Å². The van der Waals surface area contributed by atoms with E-state index in [2.05, 4.69) is 10.6 Å². The van der Waals surface area contributed by atoms with E-state index in [1.54, 1.807) is 55.6 Å². The number of halogens is 2. The molecule has 0 bridgehead atoms. The molecule has 2 amide bonds. The van der Waals surface area contributed by atoms with Gasteiger partial charge in [-0.3, -0.25) is 4.79 Å². The molecule has 2 aromatic carbocycles. The maximum Gasteiger partial charge on any atom is 0.319 e. The number of para-hydroxylation sites is 1. The van der Waals surface area contributed by atoms with Crippen LogP contribution in [0.25, 0.3) is 10.9 Å². The van der Waals surface area contributed by atoms with E-state index < -0.39 is 24.1 Å². The van der Waals surface area contributed by atoms with Gasteiger partial charge < -0.3 is 19.9 Å². The van der Waals surface area contributed by atoms with Crippen molar-refractivity contribution in [2.75, 3.05) is 5.32 Å². The standard InChI is InChI=1S/C22H21F2N3O3/c1-22(20(23)24)12-16(14-6-3-4-9-18(14)30-22)26-21(29)25-15-7-5-8-17-13(15)10-11-19(28)27(17)2/h3-11,16,20H,12H2,1-2H3,(H2,25,26,29)/t16-,22+/m1/s1. The number of ether oxygens (including phenoxy) is 1. The minimum atomic E-state index is -2.71. The lowest BCUT2D eigenvalue weighted by molar-refractivity contribution is -0.0824. The Kier molecular flexibility index (Phi) is 4.93. The number of anilines is 1. The average Bonchev–Trinajstić information content (AvgIpc) is 2.71. The van der Waals surface area contributed by atoms with Crippen LogP contribution >= 0.6 is 0 Å². The van der Waals surface area contributed by atoms with Crippen LogP contribution in [0.5, 0.6) is 5.75 Å². The highest BCUT2D eigenvalue weighted by Crippen LogP contribution is 2.42. The SMILES string of the molecule is Cn1c(=O)ccc2c(NC(=O)N[C@@H]3C[C@@](C)(C(F)F)Oc4ccccc43)cccc21. The topological polar surface area (TPSA) is 72.4 Å². The minimum absolute atomic E-state index is 0.0703. The number of hydrogen-bond donors (Lipinski definition) is 2. The molecule has 30 heavy (non-hydrogen) atoms. The van der Waals surface area contributed by atoms with Gasteiger partial charge in [0.2, 0.25) is 0 Å². The van der Waals surface area contributed by atoms with Gasteiger partial charge in [0, 0.05) is 30.5 Å². The predicted molar refractivity (Wildman–Crippen MR) is 110 cm³/mol. The number of aromatic nitrogens is 1. The Morgan fingerprint density at radius 1 is 1.17 bits per heavy atom. The summed E-state index contributed by atoms with van der Waals surface area (Å²) in [5.41, 5.74) is -0.0378. The number of pyridine rings is 1. The third-order valence-corrected chi connectivity index (χ3v) is 5.43. The third kappa shape index (κ3) is 3.49. The summed E-state index contributed by atoms with van der Waals surface area (Å²) < 4.78 is 34.3. The Morgan fingerprint density at radius 2 is 1.93 bits per heavy atom. The fourth-order valence-electron chi connectivity index (χ4n) is 3.76. The number of amides is 2. The molecule has 0 fully saturated rings. The molecule has 2 heterocycles. The fraction of sp³-hybridized carbons (Fsp3) is 0.273. The van der Waals surface area contributed by atoms with E-state index in [1.165, 1.54) is 17.6 Å². The molecule has 3 aromatic rings. The molecule has 156 valence electrons. The van der Waals surface area contributed by atoms with Crippen molar-refractivity contribution >= 4 is 22.6 Å². The zero-order valence-electron chi connectivity index (χ0n) is 16.5. The lowest BCUT2D eigenvalue weighted by atomic mass is 9.88. The van der Waals surface area contributed by atoms with Crippen molar-refractivity contribution in [1.29, 1.82) is 0 Å². The summed E-state index contributed by atoms with van der Waals surface area (Å²) >= 11 is 0. The number of carbonyl (C=O) groups is 1. The quantitative estimate of drug-likeness (QED) is 0.676. The van der Waals surface area contributed by atoms with E-state index in [9.17, 15) is 18.4 Å². The monoisotopic (exact) mass is 413 g/mol. The van der Waals surface area contributed by atoms with E-state index >= 15 is 0 Å². The molecule has 4 rings (SSSR count). The van der Waals surface area contributed by atoms with Gasteiger partial charge in [0.05, 0.1) is 17.2 Å². The van der Waals surface area contributed by atoms with Crippen LogP contribution in [0, 0.1) is 0 Å². The number of urea groups is 1. The van der Waals surface area contributed by atoms with Gasteiger partial charge in [0.1, 0.15) is 5.75 Å². The highest BCUT2D eigenvalue weighted by Gasteiger charge is 2.44. The molecular weight excluding hydrogens is 392 g/mol. The molecule has 0 radical (unpaired) electrons. The molecule has 6 nitrogen and oxygen atoms in total. The first-order valence-corrected chi connectivity index (χ1v) is 9.51. The van der Waals surface area contributed by atoms with Crippen LogP contribution in [0.3, 0.4) is 0 Å². The van der Waals surface area contributed by atoms with Gasteiger partial charge in [-0.2, -0.15) is 0 Å². The number of carbonyl (C=O) groups excluding carboxylic acids is 1. The predicted octanol–water partition coefficient (Wildman–Crippen LogP) is 4.21. The molecule has 8 heteroatoms. The number of aryl methyl sites for hydroxylation is 1. The summed E-state index contributed by atoms with van der Waals surface area (Å²) in [6, 6.07) is 14.0. The van der Waals surface area contributed by atoms with Crippen LogP contribution in [0.15, 0.2) is 59.4 Å². The number of rotatable bonds is 3. The van der Waals surface area contributed by atoms with Crippen molar-refractivity contribution in [2.24, 2.45) is 7.05 Å². The molecule has 0 saturated carbocycles. The second-order valence-electron chi connectivity index (χ2n) is 7.58. The van der Waals surface area contributed by atoms with Crippen LogP contribution in [0.4, 0.5) is 19.3 Å². The van der Waals surface area contributed by atoms with Crippen molar-refractivity contribution in [1.82, 2.24) is 9.88 Å². The molecule has 0 aliphatic carbocycles. The van der Waals surface area contributed by atoms with E-state index in [0.717, 1.165) is 0 Å². The first-order chi connectivity index (χ1) is 14.3. The smallest absolute Gasteiger partial charge is 0.319 e. The summed E-state index contributed by atoms with van der Waals surface area (Å²) in [5.74, 6) is 0.331. The summed E-state index contributed by atoms with van der Waals surface area (Å²) in [6.45, 7) is 1.34. The van der Waals surface area contributed by atoms with Crippen molar-refractivity contribution < 1.29 is 18.3 Å². The molecule has 0 saturated heterocycles. The Hall–Kier alpha value is -3.42. The molecule has 2 atom stereocenters. The van der Waals surface area contributed by atoms with Gasteiger partial charge in [0.15, 0.2) is 5.60 Å². The maximum atomic E-state index is 13.6. The highest BCUT2D eigenvalue weighted by atomic mass is 19.3. The Bertz CT molecular complexity index is 1180. The van der Waals surface area contributed by atoms with Gasteiger partial charge in [-0.25, -0.2) is 13.6 Å². The van der Waals surface area contributed by atoms with E-state index in [1.807, 2.05) is 0 Å². The molecule has 1 aromatic heterocycles. The van der Waals surface area contributed by atoms with Gasteiger partial charge in [-0.1, -0.05) is 24.3 Å².